The van der Waals surface area contributed by atoms with Gasteiger partial charge in [-0.1, -0.05) is 43.3 Å². The van der Waals surface area contributed by atoms with Crippen molar-refractivity contribution in [2.24, 2.45) is 0 Å². The Labute approximate surface area is 211 Å². The van der Waals surface area contributed by atoms with Crippen LogP contribution in [0.2, 0.25) is 0 Å². The molecule has 192 valence electrons. The minimum absolute atomic E-state index is 0.0133. The number of aromatic nitrogens is 1. The molecule has 0 unspecified atom stereocenters. The van der Waals surface area contributed by atoms with E-state index in [4.69, 9.17) is 9.47 Å². The van der Waals surface area contributed by atoms with Crippen LogP contribution in [0.1, 0.15) is 45.3 Å². The third-order valence-electron chi connectivity index (χ3n) is 6.61. The second kappa shape index (κ2) is 10.1. The average molecular weight is 510 g/mol. The van der Waals surface area contributed by atoms with E-state index in [1.807, 2.05) is 37.3 Å². The summed E-state index contributed by atoms with van der Waals surface area (Å²) in [5.41, 5.74) is -0.120. The Morgan fingerprint density at radius 1 is 1.16 bits per heavy atom. The van der Waals surface area contributed by atoms with Crippen molar-refractivity contribution in [3.63, 3.8) is 0 Å². The van der Waals surface area contributed by atoms with Gasteiger partial charge in [0.05, 0.1) is 19.2 Å². The number of pyridine rings is 1. The number of hydrogen-bond donors (Lipinski definition) is 1. The lowest BCUT2D eigenvalue weighted by Gasteiger charge is -2.35. The maximum Gasteiger partial charge on any atom is 0.276 e. The van der Waals surface area contributed by atoms with Gasteiger partial charge in [-0.25, -0.2) is 8.78 Å². The molecule has 37 heavy (non-hydrogen) atoms. The van der Waals surface area contributed by atoms with Crippen molar-refractivity contribution in [3.05, 3.63) is 99.0 Å². The van der Waals surface area contributed by atoms with E-state index in [9.17, 15) is 23.2 Å². The van der Waals surface area contributed by atoms with Gasteiger partial charge in [0, 0.05) is 24.4 Å². The smallest absolute Gasteiger partial charge is 0.276 e. The highest BCUT2D eigenvalue weighted by Crippen LogP contribution is 2.31. The lowest BCUT2D eigenvalue weighted by Crippen LogP contribution is -2.50. The highest BCUT2D eigenvalue weighted by atomic mass is 19.1. The van der Waals surface area contributed by atoms with Gasteiger partial charge in [-0.15, -0.1) is 0 Å². The molecule has 1 N–H and O–H groups in total. The van der Waals surface area contributed by atoms with Gasteiger partial charge >= 0.3 is 0 Å². The van der Waals surface area contributed by atoms with Gasteiger partial charge in [0.1, 0.15) is 23.8 Å². The summed E-state index contributed by atoms with van der Waals surface area (Å²) in [5, 5.41) is 2.50. The summed E-state index contributed by atoms with van der Waals surface area (Å²) in [4.78, 5) is 41.7. The Bertz CT molecular complexity index is 1410. The van der Waals surface area contributed by atoms with Crippen LogP contribution in [0.4, 0.5) is 8.78 Å². The molecule has 2 aliphatic rings. The molecule has 3 heterocycles. The second-order valence-corrected chi connectivity index (χ2v) is 8.96. The van der Waals surface area contributed by atoms with Gasteiger partial charge in [0.15, 0.2) is 17.7 Å². The largest absolute Gasteiger partial charge is 0.483 e. The van der Waals surface area contributed by atoms with Crippen LogP contribution in [0, 0.1) is 11.6 Å². The number of carbonyl (C=O) groups excluding carboxylic acids is 2. The standard InChI is InChI=1S/C27H25F2N3O5/c1-2-19-15-36-22-13-31-12-20(26(34)30-11-17-8-9-18(28)10-21(17)29)24(33)25(23(31)27(35)32(19)22)37-14-16-6-4-3-5-7-16/h3-10,12,19,22H,2,11,13-15H2,1H3,(H,30,34)/t19-,22+/m0/s1. The Balaban J connectivity index is 1.50. The number of benzene rings is 2. The molecule has 2 aliphatic heterocycles. The van der Waals surface area contributed by atoms with Crippen LogP contribution < -0.4 is 15.5 Å². The van der Waals surface area contributed by atoms with Crippen molar-refractivity contribution in [2.45, 2.75) is 45.3 Å². The molecule has 10 heteroatoms. The van der Waals surface area contributed by atoms with Crippen molar-refractivity contribution in [3.8, 4) is 5.75 Å². The van der Waals surface area contributed by atoms with E-state index in [-0.39, 0.29) is 48.3 Å². The molecule has 2 aromatic carbocycles. The van der Waals surface area contributed by atoms with E-state index in [1.54, 1.807) is 4.90 Å². The summed E-state index contributed by atoms with van der Waals surface area (Å²) in [5.74, 6) is -2.96. The summed E-state index contributed by atoms with van der Waals surface area (Å²) < 4.78 is 40.4. The van der Waals surface area contributed by atoms with Crippen LogP contribution in [-0.4, -0.2) is 40.2 Å². The van der Waals surface area contributed by atoms with Crippen LogP contribution in [0.25, 0.3) is 0 Å². The van der Waals surface area contributed by atoms with Gasteiger partial charge in [-0.05, 0) is 18.1 Å². The second-order valence-electron chi connectivity index (χ2n) is 8.96. The van der Waals surface area contributed by atoms with E-state index >= 15 is 0 Å². The molecule has 1 saturated heterocycles. The minimum Gasteiger partial charge on any atom is -0.483 e. The molecular weight excluding hydrogens is 484 g/mol. The molecule has 2 atom stereocenters. The molecule has 0 spiro atoms. The fraction of sp³-hybridized carbons (Fsp3) is 0.296. The predicted molar refractivity (Wildman–Crippen MR) is 129 cm³/mol. The van der Waals surface area contributed by atoms with Crippen LogP contribution in [0.3, 0.4) is 0 Å². The number of amides is 2. The van der Waals surface area contributed by atoms with Gasteiger partial charge in [0.2, 0.25) is 5.43 Å². The Hall–Kier alpha value is -4.05. The molecule has 0 bridgehead atoms. The molecule has 0 aliphatic carbocycles. The summed E-state index contributed by atoms with van der Waals surface area (Å²) in [6.45, 7) is 2.30. The molecule has 1 aromatic heterocycles. The number of carbonyl (C=O) groups is 2. The van der Waals surface area contributed by atoms with Gasteiger partial charge in [-0.3, -0.25) is 14.4 Å². The molecule has 0 saturated carbocycles. The summed E-state index contributed by atoms with van der Waals surface area (Å²) in [7, 11) is 0. The molecule has 2 amide bonds. The van der Waals surface area contributed by atoms with Crippen molar-refractivity contribution in [1.29, 1.82) is 0 Å². The normalized spacial score (nSPS) is 18.4. The van der Waals surface area contributed by atoms with E-state index in [1.165, 1.54) is 16.8 Å². The van der Waals surface area contributed by atoms with Crippen molar-refractivity contribution >= 4 is 11.8 Å². The number of rotatable bonds is 7. The van der Waals surface area contributed by atoms with Crippen LogP contribution in [0.15, 0.2) is 59.5 Å². The number of hydrogen-bond acceptors (Lipinski definition) is 5. The zero-order valence-electron chi connectivity index (χ0n) is 20.1. The van der Waals surface area contributed by atoms with Crippen molar-refractivity contribution < 1.29 is 27.8 Å². The zero-order chi connectivity index (χ0) is 26.1. The van der Waals surface area contributed by atoms with E-state index in [0.29, 0.717) is 19.1 Å². The SMILES string of the molecule is CC[C@H]1CO[C@@H]2Cn3cc(C(=O)NCc4ccc(F)cc4F)c(=O)c(OCc4ccccc4)c3C(=O)N12. The van der Waals surface area contributed by atoms with E-state index in [0.717, 1.165) is 11.6 Å². The topological polar surface area (TPSA) is 89.9 Å². The monoisotopic (exact) mass is 509 g/mol. The molecule has 8 nitrogen and oxygen atoms in total. The van der Waals surface area contributed by atoms with Gasteiger partial charge in [0.25, 0.3) is 11.8 Å². The maximum absolute atomic E-state index is 14.0. The highest BCUT2D eigenvalue weighted by molar-refractivity contribution is 5.99. The highest BCUT2D eigenvalue weighted by Gasteiger charge is 2.44. The van der Waals surface area contributed by atoms with Crippen molar-refractivity contribution in [1.82, 2.24) is 14.8 Å². The van der Waals surface area contributed by atoms with Gasteiger partial charge < -0.3 is 24.3 Å². The van der Waals surface area contributed by atoms with Crippen LogP contribution >= 0.6 is 0 Å². The van der Waals surface area contributed by atoms with Crippen LogP contribution in [-0.2, 0) is 24.4 Å². The number of ether oxygens (including phenoxy) is 2. The first-order chi connectivity index (χ1) is 17.9. The summed E-state index contributed by atoms with van der Waals surface area (Å²) in [6, 6.07) is 12.0. The summed E-state index contributed by atoms with van der Waals surface area (Å²) >= 11 is 0. The number of fused-ring (bicyclic) bond motifs is 2. The van der Waals surface area contributed by atoms with Gasteiger partial charge in [-0.2, -0.15) is 0 Å². The number of nitrogens with zero attached hydrogens (tertiary/aromatic N) is 2. The third-order valence-corrected chi connectivity index (χ3v) is 6.61. The first kappa shape index (κ1) is 24.6. The van der Waals surface area contributed by atoms with E-state index < -0.39 is 35.1 Å². The third kappa shape index (κ3) is 4.72. The fourth-order valence-corrected chi connectivity index (χ4v) is 4.62. The van der Waals surface area contributed by atoms with E-state index in [2.05, 4.69) is 5.32 Å². The quantitative estimate of drug-likeness (QED) is 0.528. The summed E-state index contributed by atoms with van der Waals surface area (Å²) in [6.07, 6.45) is 1.47. The first-order valence-corrected chi connectivity index (χ1v) is 12.0. The molecule has 3 aromatic rings. The Morgan fingerprint density at radius 3 is 2.68 bits per heavy atom. The molecule has 5 rings (SSSR count). The molecular formula is C27H25F2N3O5. The zero-order valence-corrected chi connectivity index (χ0v) is 20.1. The van der Waals surface area contributed by atoms with Crippen molar-refractivity contribution in [2.75, 3.05) is 6.61 Å². The first-order valence-electron chi connectivity index (χ1n) is 12.0. The Kier molecular flexibility index (Phi) is 6.75. The predicted octanol–water partition coefficient (Wildman–Crippen LogP) is 3.23. The van der Waals surface area contributed by atoms with Crippen LogP contribution in [0.5, 0.6) is 5.75 Å². The maximum atomic E-state index is 14.0. The Morgan fingerprint density at radius 2 is 1.95 bits per heavy atom. The fourth-order valence-electron chi connectivity index (χ4n) is 4.62. The lowest BCUT2D eigenvalue weighted by molar-refractivity contribution is 0.00542. The number of nitrogens with one attached hydrogen (secondary N) is 1. The lowest BCUT2D eigenvalue weighted by atomic mass is 10.1. The average Bonchev–Trinajstić information content (AvgIpc) is 3.31. The number of halogens is 2. The molecule has 1 fully saturated rings. The molecule has 0 radical (unpaired) electrons. The minimum atomic E-state index is -0.816.